The summed E-state index contributed by atoms with van der Waals surface area (Å²) in [5.41, 5.74) is 0. The van der Waals surface area contributed by atoms with Crippen LogP contribution in [0.1, 0.15) is 19.3 Å². The Morgan fingerprint density at radius 1 is 1.17 bits per heavy atom. The van der Waals surface area contributed by atoms with Gasteiger partial charge in [0.2, 0.25) is 5.91 Å². The van der Waals surface area contributed by atoms with Crippen LogP contribution in [0.3, 0.4) is 0 Å². The van der Waals surface area contributed by atoms with Crippen molar-refractivity contribution in [2.24, 2.45) is 10.9 Å². The van der Waals surface area contributed by atoms with E-state index in [-0.39, 0.29) is 11.8 Å². The summed E-state index contributed by atoms with van der Waals surface area (Å²) in [5.74, 6) is 2.91. The maximum atomic E-state index is 12.7. The number of nitrogens with zero attached hydrogens (tertiary/aromatic N) is 3. The van der Waals surface area contributed by atoms with Crippen LogP contribution in [0.2, 0.25) is 0 Å². The zero-order chi connectivity index (χ0) is 21.2. The number of piperidine rings is 1. The van der Waals surface area contributed by atoms with Gasteiger partial charge in [-0.25, -0.2) is 0 Å². The van der Waals surface area contributed by atoms with Crippen molar-refractivity contribution in [2.45, 2.75) is 19.3 Å². The number of benzene rings is 1. The molecule has 3 rings (SSSR count). The van der Waals surface area contributed by atoms with Gasteiger partial charge in [-0.1, -0.05) is 6.07 Å². The van der Waals surface area contributed by atoms with Gasteiger partial charge < -0.3 is 29.3 Å². The zero-order valence-corrected chi connectivity index (χ0v) is 18.1. The number of likely N-dealkylation sites (tertiary alicyclic amines) is 1. The SMILES string of the molecule is CN=C(NCCCOc1cccc(OC)c1)N1CCC(C(=O)N2CCOCC2)CC1. The number of hydrogen-bond acceptors (Lipinski definition) is 5. The Morgan fingerprint density at radius 2 is 1.90 bits per heavy atom. The van der Waals surface area contributed by atoms with Gasteiger partial charge in [0.25, 0.3) is 0 Å². The number of carbonyl (C=O) groups is 1. The highest BCUT2D eigenvalue weighted by atomic mass is 16.5. The molecule has 2 saturated heterocycles. The molecule has 30 heavy (non-hydrogen) atoms. The lowest BCUT2D eigenvalue weighted by Gasteiger charge is -2.36. The monoisotopic (exact) mass is 418 g/mol. The standard InChI is InChI=1S/C22H34N4O4/c1-23-22(24-9-4-14-30-20-6-3-5-19(17-20)28-2)26-10-7-18(8-11-26)21(27)25-12-15-29-16-13-25/h3,5-6,17-18H,4,7-16H2,1-2H3,(H,23,24). The van der Waals surface area contributed by atoms with E-state index in [1.807, 2.05) is 29.2 Å². The van der Waals surface area contributed by atoms with E-state index in [1.165, 1.54) is 0 Å². The molecule has 0 aliphatic carbocycles. The largest absolute Gasteiger partial charge is 0.497 e. The van der Waals surface area contributed by atoms with Crippen LogP contribution < -0.4 is 14.8 Å². The highest BCUT2D eigenvalue weighted by Gasteiger charge is 2.30. The zero-order valence-electron chi connectivity index (χ0n) is 18.1. The first-order valence-corrected chi connectivity index (χ1v) is 10.8. The molecule has 0 unspecified atom stereocenters. The summed E-state index contributed by atoms with van der Waals surface area (Å²) in [6.45, 7) is 5.85. The quantitative estimate of drug-likeness (QED) is 0.412. The Bertz CT molecular complexity index is 698. The van der Waals surface area contributed by atoms with Crippen molar-refractivity contribution in [1.29, 1.82) is 0 Å². The second-order valence-corrected chi connectivity index (χ2v) is 7.55. The van der Waals surface area contributed by atoms with Crippen molar-refractivity contribution < 1.29 is 19.0 Å². The van der Waals surface area contributed by atoms with E-state index in [1.54, 1.807) is 14.2 Å². The van der Waals surface area contributed by atoms with E-state index in [0.717, 1.165) is 69.4 Å². The third kappa shape index (κ3) is 6.26. The summed E-state index contributed by atoms with van der Waals surface area (Å²) in [5, 5.41) is 3.41. The van der Waals surface area contributed by atoms with Crippen LogP contribution in [0.15, 0.2) is 29.3 Å². The van der Waals surface area contributed by atoms with E-state index in [9.17, 15) is 4.79 Å². The predicted molar refractivity (Wildman–Crippen MR) is 116 cm³/mol. The molecular formula is C22H34N4O4. The van der Waals surface area contributed by atoms with Crippen molar-refractivity contribution in [3.05, 3.63) is 24.3 Å². The first-order chi connectivity index (χ1) is 14.7. The summed E-state index contributed by atoms with van der Waals surface area (Å²) in [4.78, 5) is 21.3. The van der Waals surface area contributed by atoms with Crippen LogP contribution in [0, 0.1) is 5.92 Å². The minimum atomic E-state index is 0.119. The van der Waals surface area contributed by atoms with Gasteiger partial charge >= 0.3 is 0 Å². The molecule has 2 fully saturated rings. The number of hydrogen-bond donors (Lipinski definition) is 1. The number of morpholine rings is 1. The fourth-order valence-electron chi connectivity index (χ4n) is 3.87. The Hall–Kier alpha value is -2.48. The molecule has 2 aliphatic rings. The third-order valence-electron chi connectivity index (χ3n) is 5.59. The lowest BCUT2D eigenvalue weighted by Crippen LogP contribution is -2.50. The molecule has 1 N–H and O–H groups in total. The lowest BCUT2D eigenvalue weighted by atomic mass is 9.95. The van der Waals surface area contributed by atoms with E-state index in [4.69, 9.17) is 14.2 Å². The molecule has 0 radical (unpaired) electrons. The Morgan fingerprint density at radius 3 is 2.60 bits per heavy atom. The van der Waals surface area contributed by atoms with Crippen LogP contribution in [0.4, 0.5) is 0 Å². The van der Waals surface area contributed by atoms with Crippen molar-refractivity contribution in [2.75, 3.05) is 66.7 Å². The predicted octanol–water partition coefficient (Wildman–Crippen LogP) is 1.61. The van der Waals surface area contributed by atoms with Gasteiger partial charge in [-0.2, -0.15) is 0 Å². The Balaban J connectivity index is 1.34. The molecule has 2 heterocycles. The minimum absolute atomic E-state index is 0.119. The maximum absolute atomic E-state index is 12.7. The molecule has 8 nitrogen and oxygen atoms in total. The Labute approximate surface area is 179 Å². The topological polar surface area (TPSA) is 75.6 Å². The smallest absolute Gasteiger partial charge is 0.225 e. The van der Waals surface area contributed by atoms with Crippen LogP contribution in [0.25, 0.3) is 0 Å². The molecule has 1 aromatic rings. The van der Waals surface area contributed by atoms with Crippen LogP contribution >= 0.6 is 0 Å². The summed E-state index contributed by atoms with van der Waals surface area (Å²) in [7, 11) is 3.45. The second-order valence-electron chi connectivity index (χ2n) is 7.55. The van der Waals surface area contributed by atoms with E-state index in [0.29, 0.717) is 19.8 Å². The molecule has 166 valence electrons. The first kappa shape index (κ1) is 22.2. The number of ether oxygens (including phenoxy) is 3. The van der Waals surface area contributed by atoms with Gasteiger partial charge in [0.05, 0.1) is 26.9 Å². The summed E-state index contributed by atoms with van der Waals surface area (Å²) >= 11 is 0. The third-order valence-corrected chi connectivity index (χ3v) is 5.59. The van der Waals surface area contributed by atoms with Gasteiger partial charge in [0, 0.05) is 51.8 Å². The van der Waals surface area contributed by atoms with Crippen LogP contribution in [-0.2, 0) is 9.53 Å². The number of amides is 1. The summed E-state index contributed by atoms with van der Waals surface area (Å²) in [6.07, 6.45) is 2.61. The van der Waals surface area contributed by atoms with Crippen molar-refractivity contribution in [3.63, 3.8) is 0 Å². The number of aliphatic imine (C=N–C) groups is 1. The van der Waals surface area contributed by atoms with Crippen LogP contribution in [-0.4, -0.2) is 88.4 Å². The molecule has 1 aromatic carbocycles. The van der Waals surface area contributed by atoms with E-state index in [2.05, 4.69) is 15.2 Å². The average molecular weight is 419 g/mol. The van der Waals surface area contributed by atoms with Gasteiger partial charge in [0.1, 0.15) is 11.5 Å². The van der Waals surface area contributed by atoms with E-state index >= 15 is 0 Å². The average Bonchev–Trinajstić information content (AvgIpc) is 2.82. The molecule has 0 spiro atoms. The number of rotatable bonds is 7. The van der Waals surface area contributed by atoms with Crippen molar-refractivity contribution >= 4 is 11.9 Å². The van der Waals surface area contributed by atoms with Gasteiger partial charge in [0.15, 0.2) is 5.96 Å². The summed E-state index contributed by atoms with van der Waals surface area (Å²) < 4.78 is 16.3. The highest BCUT2D eigenvalue weighted by Crippen LogP contribution is 2.21. The lowest BCUT2D eigenvalue weighted by molar-refractivity contribution is -0.140. The molecule has 8 heteroatoms. The van der Waals surface area contributed by atoms with Crippen molar-refractivity contribution in [3.8, 4) is 11.5 Å². The first-order valence-electron chi connectivity index (χ1n) is 10.8. The normalized spacial score (nSPS) is 18.3. The Kier molecular flexibility index (Phi) is 8.62. The van der Waals surface area contributed by atoms with Gasteiger partial charge in [-0.3, -0.25) is 9.79 Å². The molecule has 0 aromatic heterocycles. The second kappa shape index (κ2) is 11.6. The molecule has 0 bridgehead atoms. The van der Waals surface area contributed by atoms with Gasteiger partial charge in [-0.15, -0.1) is 0 Å². The molecule has 0 atom stereocenters. The van der Waals surface area contributed by atoms with Crippen LogP contribution in [0.5, 0.6) is 11.5 Å². The number of guanidine groups is 1. The van der Waals surface area contributed by atoms with Crippen molar-refractivity contribution in [1.82, 2.24) is 15.1 Å². The fraction of sp³-hybridized carbons (Fsp3) is 0.636. The molecule has 0 saturated carbocycles. The maximum Gasteiger partial charge on any atom is 0.225 e. The fourth-order valence-corrected chi connectivity index (χ4v) is 3.87. The molecule has 1 amide bonds. The van der Waals surface area contributed by atoms with E-state index < -0.39 is 0 Å². The number of carbonyl (C=O) groups excluding carboxylic acids is 1. The highest BCUT2D eigenvalue weighted by molar-refractivity contribution is 5.81. The number of nitrogens with one attached hydrogen (secondary N) is 1. The minimum Gasteiger partial charge on any atom is -0.497 e. The van der Waals surface area contributed by atoms with Gasteiger partial charge in [-0.05, 0) is 31.4 Å². The molecule has 2 aliphatic heterocycles. The summed E-state index contributed by atoms with van der Waals surface area (Å²) in [6, 6.07) is 7.63. The number of methoxy groups -OCH3 is 1. The molecular weight excluding hydrogens is 384 g/mol.